The normalized spacial score (nSPS) is 24.2. The van der Waals surface area contributed by atoms with Gasteiger partial charge >= 0.3 is 5.97 Å². The standard InChI is InChI=1S/C92H119F2N17O20S/c1-8-9-27-72-91(129)111-49-59(113)45-74(111)87(125)104-68(46-78(116)117)84(122)106-79(52(2)3)92(130)108(5)73(42-53-20-12-10-13-21-53)86(124)101-65(26-18-36-95)89(127)110-37-19-28-71(110)85(123)103-67(44-57-47-97-63-25-17-16-24-60(57)63)83(121)102-66(40-55-29-32-58(112)33-30-55)82(120)100-64(35-38-131-7)81(119)105-70(80(118)98-48-76(96)114)50-132-51-77(115)99-69(41-56-31-34-61(93)62(94)39-56)88(126)109(6)75(90(128)107(72)4)43-54-22-14-11-15-23-54/h10-17,20-25,29-34,39,47,52,59,64-75,79,97,112-113H,8-9,18-19,26-28,35-38,40-46,48-51,95H2,1-7H3,(H2,96,114)(H,98,118)(H,99,115)(H,100,120)(H,101,124)(H,102,121)(H,103,123)(H,104,125)(H,105,119)(H,106,122)(H,116,117)/t59-,64+,65+,66+,67+,68+,69+,70+,71-,72+,73+,74-,75+,79+/m1/s1. The van der Waals surface area contributed by atoms with Crippen LogP contribution in [0, 0.1) is 17.6 Å². The number of likely N-dealkylation sites (N-methyl/N-ethyl adjacent to an activating group) is 3. The first-order chi connectivity index (χ1) is 63.0. The number of carboxylic acid groups (broad SMARTS) is 1. The van der Waals surface area contributed by atoms with Gasteiger partial charge in [0.1, 0.15) is 84.3 Å². The molecule has 37 nitrogen and oxygen atoms in total. The number of carbonyl (C=O) groups excluding carboxylic acids is 15. The van der Waals surface area contributed by atoms with Crippen LogP contribution in [-0.4, -0.2) is 297 Å². The lowest BCUT2D eigenvalue weighted by Gasteiger charge is -2.38. The predicted molar refractivity (Wildman–Crippen MR) is 481 cm³/mol. The number of nitrogens with zero attached hydrogens (tertiary/aromatic N) is 5. The van der Waals surface area contributed by atoms with Crippen molar-refractivity contribution < 1.29 is 106 Å². The van der Waals surface area contributed by atoms with Gasteiger partial charge in [-0.15, -0.1) is 11.8 Å². The highest BCUT2D eigenvalue weighted by Gasteiger charge is 2.48. The summed E-state index contributed by atoms with van der Waals surface area (Å²) in [6.07, 6.45) is -2.40. The third-order valence-corrected chi connectivity index (χ3v) is 24.6. The second kappa shape index (κ2) is 49.3. The van der Waals surface area contributed by atoms with E-state index in [0.717, 1.165) is 37.8 Å². The topological polar surface area (TPSA) is 535 Å². The number of aromatic amines is 1. The maximum atomic E-state index is 15.7. The number of ether oxygens (including phenoxy) is 1. The zero-order chi connectivity index (χ0) is 96.2. The van der Waals surface area contributed by atoms with Crippen LogP contribution in [0.2, 0.25) is 0 Å². The van der Waals surface area contributed by atoms with Gasteiger partial charge < -0.3 is 109 Å². The number of H-pyrrole nitrogens is 1. The zero-order valence-electron chi connectivity index (χ0n) is 74.8. The lowest BCUT2D eigenvalue weighted by Crippen LogP contribution is -2.62. The van der Waals surface area contributed by atoms with Gasteiger partial charge in [-0.1, -0.05) is 131 Å². The third-order valence-electron chi connectivity index (χ3n) is 23.6. The fourth-order valence-corrected chi connectivity index (χ4v) is 17.1. The summed E-state index contributed by atoms with van der Waals surface area (Å²) in [5.74, 6) is -20.8. The molecule has 17 N–H and O–H groups in total. The smallest absolute Gasteiger partial charge is 0.305 e. The summed E-state index contributed by atoms with van der Waals surface area (Å²) in [5.41, 5.74) is 14.0. The minimum Gasteiger partial charge on any atom is -0.508 e. The zero-order valence-corrected chi connectivity index (χ0v) is 75.6. The molecule has 40 heteroatoms. The van der Waals surface area contributed by atoms with Gasteiger partial charge in [-0.25, -0.2) is 8.78 Å². The summed E-state index contributed by atoms with van der Waals surface area (Å²) in [6, 6.07) is 11.3. The fourth-order valence-electron chi connectivity index (χ4n) is 16.3. The Morgan fingerprint density at radius 2 is 1.13 bits per heavy atom. The molecule has 15 amide bonds. The number of thioether (sulfide) groups is 1. The maximum Gasteiger partial charge on any atom is 0.305 e. The molecule has 0 radical (unpaired) electrons. The van der Waals surface area contributed by atoms with E-state index in [0.29, 0.717) is 51.3 Å². The van der Waals surface area contributed by atoms with Crippen molar-refractivity contribution in [1.29, 1.82) is 0 Å². The molecule has 5 aromatic carbocycles. The minimum absolute atomic E-state index is 0.0154. The molecule has 0 bridgehead atoms. The molecule has 9 rings (SSSR count). The number of carbonyl (C=O) groups is 16. The van der Waals surface area contributed by atoms with Gasteiger partial charge in [0.05, 0.1) is 24.8 Å². The highest BCUT2D eigenvalue weighted by atomic mass is 32.2. The Morgan fingerprint density at radius 3 is 1.77 bits per heavy atom. The van der Waals surface area contributed by atoms with Crippen LogP contribution >= 0.6 is 11.8 Å². The van der Waals surface area contributed by atoms with Gasteiger partial charge in [-0.05, 0) is 109 Å². The molecule has 3 fully saturated rings. The molecule has 132 heavy (non-hydrogen) atoms. The maximum absolute atomic E-state index is 15.7. The Morgan fingerprint density at radius 1 is 0.561 bits per heavy atom. The van der Waals surface area contributed by atoms with Crippen molar-refractivity contribution in [1.82, 2.24) is 77.3 Å². The molecule has 4 heterocycles. The van der Waals surface area contributed by atoms with Crippen LogP contribution in [0.15, 0.2) is 134 Å². The predicted octanol–water partition coefficient (Wildman–Crippen LogP) is 0.422. The van der Waals surface area contributed by atoms with Crippen LogP contribution in [0.25, 0.3) is 10.9 Å². The monoisotopic (exact) mass is 1850 g/mol. The summed E-state index contributed by atoms with van der Waals surface area (Å²) >= 11 is 0.704. The number of fused-ring (bicyclic) bond motifs is 3. The van der Waals surface area contributed by atoms with Crippen LogP contribution < -0.4 is 59.3 Å². The van der Waals surface area contributed by atoms with E-state index in [2.05, 4.69) is 52.8 Å². The minimum atomic E-state index is -2.00. The number of nitrogens with one attached hydrogen (secondary N) is 10. The van der Waals surface area contributed by atoms with Crippen molar-refractivity contribution in [2.45, 2.75) is 202 Å². The first-order valence-corrected chi connectivity index (χ1v) is 45.0. The number of aromatic nitrogens is 1. The van der Waals surface area contributed by atoms with Crippen LogP contribution in [-0.2, 0) is 114 Å². The molecule has 0 saturated carbocycles. The Labute approximate surface area is 766 Å². The number of benzene rings is 5. The number of para-hydroxylation sites is 1. The van der Waals surface area contributed by atoms with E-state index in [1.165, 1.54) is 57.4 Å². The number of unbranched alkanes of at least 4 members (excludes halogenated alkanes) is 1. The molecule has 3 aliphatic heterocycles. The second-order valence-corrected chi connectivity index (χ2v) is 34.6. The number of aliphatic hydroxyl groups excluding tert-OH is 1. The molecule has 3 saturated heterocycles. The number of methoxy groups -OCH3 is 1. The molecular formula is C92H119F2N17O20S. The van der Waals surface area contributed by atoms with E-state index in [9.17, 15) is 53.3 Å². The van der Waals surface area contributed by atoms with Gasteiger partial charge in [0.15, 0.2) is 11.6 Å². The first-order valence-electron chi connectivity index (χ1n) is 43.9. The van der Waals surface area contributed by atoms with Crippen LogP contribution in [0.5, 0.6) is 5.75 Å². The van der Waals surface area contributed by atoms with E-state index in [1.54, 1.807) is 112 Å². The van der Waals surface area contributed by atoms with Crippen molar-refractivity contribution >= 4 is 117 Å². The molecule has 0 unspecified atom stereocenters. The van der Waals surface area contributed by atoms with Gasteiger partial charge in [0.25, 0.3) is 0 Å². The summed E-state index contributed by atoms with van der Waals surface area (Å²) in [5, 5.41) is 56.5. The lowest BCUT2D eigenvalue weighted by molar-refractivity contribution is -0.152. The van der Waals surface area contributed by atoms with Crippen molar-refractivity contribution in [2.75, 3.05) is 72.5 Å². The average Bonchev–Trinajstić information content (AvgIpc) is 1.49. The molecule has 1 aromatic heterocycles. The summed E-state index contributed by atoms with van der Waals surface area (Å²) in [7, 11) is 5.09. The Kier molecular flexibility index (Phi) is 38.4. The summed E-state index contributed by atoms with van der Waals surface area (Å²) in [6.45, 7) is 3.36. The Hall–Kier alpha value is -13.0. The largest absolute Gasteiger partial charge is 0.508 e. The van der Waals surface area contributed by atoms with E-state index < -0.39 is 241 Å². The molecular weight excluding hydrogens is 1730 g/mol. The quantitative estimate of drug-likeness (QED) is 0.0369. The number of phenolic OH excluding ortho intramolecular Hbond substituents is 1. The number of nitrogens with two attached hydrogens (primary N) is 2. The molecule has 3 aliphatic rings. The van der Waals surface area contributed by atoms with Crippen molar-refractivity contribution in [3.8, 4) is 5.75 Å². The van der Waals surface area contributed by atoms with Crippen LogP contribution in [0.4, 0.5) is 8.78 Å². The molecule has 14 atom stereocenters. The van der Waals surface area contributed by atoms with Gasteiger partial charge in [-0.3, -0.25) is 76.7 Å². The third kappa shape index (κ3) is 28.5. The number of primary amides is 1. The number of carboxylic acids is 1. The lowest BCUT2D eigenvalue weighted by atomic mass is 9.98. The van der Waals surface area contributed by atoms with E-state index >= 15 is 47.5 Å². The van der Waals surface area contributed by atoms with Crippen molar-refractivity contribution in [3.05, 3.63) is 173 Å². The van der Waals surface area contributed by atoms with E-state index in [1.807, 2.05) is 0 Å². The fraction of sp³-hybridized carbons (Fsp3) is 0.478. The highest BCUT2D eigenvalue weighted by molar-refractivity contribution is 8.00. The van der Waals surface area contributed by atoms with E-state index in [4.69, 9.17) is 16.2 Å². The Bertz CT molecular complexity index is 5080. The van der Waals surface area contributed by atoms with Gasteiger partial charge in [-0.2, -0.15) is 0 Å². The first kappa shape index (κ1) is 103. The number of hydrogen-bond acceptors (Lipinski definition) is 21. The van der Waals surface area contributed by atoms with Crippen LogP contribution in [0.1, 0.15) is 113 Å². The average molecular weight is 1850 g/mol. The number of aliphatic hydroxyl groups is 1. The summed E-state index contributed by atoms with van der Waals surface area (Å²) < 4.78 is 35.2. The second-order valence-electron chi connectivity index (χ2n) is 33.6. The number of hydrogen-bond donors (Lipinski definition) is 15. The number of aliphatic carboxylic acids is 1. The number of phenols is 1. The number of aromatic hydroxyl groups is 1. The van der Waals surface area contributed by atoms with Crippen molar-refractivity contribution in [2.24, 2.45) is 17.4 Å². The molecule has 6 aromatic rings. The number of rotatable bonds is 25. The summed E-state index contributed by atoms with van der Waals surface area (Å²) in [4.78, 5) is 246. The number of amides is 15. The SMILES string of the molecule is CCCC[C@H]1C(=O)N2C[C@H](O)C[C@@H]2C(=O)N[C@@H](CC(=O)O)C(=O)N[C@@H](C(C)C)C(=O)N(C)[C@@H](Cc2ccccc2)C(=O)N[C@@H](CCCN)C(=O)N2CCC[C@@H]2C(=O)N[C@@H](Cc2c[nH]c3ccccc23)C(=O)N[C@@H](Cc2ccc(O)cc2)C(=O)N[C@@H](CCOC)C(=O)N[C@H](C(=O)NCC(N)=O)CSCC(=O)N[C@@H](Cc2ccc(F)c(F)c2)C(=O)N(C)[C@@H](Cc2ccccc2)C(=O)N1C. The number of halogens is 2. The van der Waals surface area contributed by atoms with E-state index in [-0.39, 0.29) is 102 Å². The Balaban J connectivity index is 1.13. The molecule has 0 aliphatic carbocycles. The van der Waals surface area contributed by atoms with Gasteiger partial charge in [0, 0.05) is 109 Å². The highest BCUT2D eigenvalue weighted by Crippen LogP contribution is 2.29. The van der Waals surface area contributed by atoms with Crippen molar-refractivity contribution in [3.63, 3.8) is 0 Å². The molecule has 712 valence electrons. The van der Waals surface area contributed by atoms with Gasteiger partial charge in [0.2, 0.25) is 88.6 Å². The molecule has 0 spiro atoms. The van der Waals surface area contributed by atoms with Crippen LogP contribution in [0.3, 0.4) is 0 Å².